The van der Waals surface area contributed by atoms with Crippen LogP contribution in [0.25, 0.3) is 16.8 Å². The van der Waals surface area contributed by atoms with Crippen molar-refractivity contribution in [3.8, 4) is 11.3 Å². The van der Waals surface area contributed by atoms with E-state index in [4.69, 9.17) is 0 Å². The minimum atomic E-state index is 0.840. The highest BCUT2D eigenvalue weighted by atomic mass is 15.1. The summed E-state index contributed by atoms with van der Waals surface area (Å²) in [6, 6.07) is 32.2. The molecule has 1 aliphatic carbocycles. The van der Waals surface area contributed by atoms with E-state index in [0.29, 0.717) is 0 Å². The Morgan fingerprint density at radius 2 is 1.19 bits per heavy atom. The van der Waals surface area contributed by atoms with E-state index in [9.17, 15) is 0 Å². The summed E-state index contributed by atoms with van der Waals surface area (Å²) >= 11 is 0. The van der Waals surface area contributed by atoms with Gasteiger partial charge in [-0.1, -0.05) is 91.0 Å². The molecular weight excluding hydrogens is 376 g/mol. The summed E-state index contributed by atoms with van der Waals surface area (Å²) in [7, 11) is 0. The average molecular weight is 403 g/mol. The van der Waals surface area contributed by atoms with Gasteiger partial charge >= 0.3 is 6.33 Å². The van der Waals surface area contributed by atoms with Crippen LogP contribution in [0.4, 0.5) is 0 Å². The zero-order chi connectivity index (χ0) is 20.9. The van der Waals surface area contributed by atoms with Gasteiger partial charge in [0.1, 0.15) is 5.69 Å². The van der Waals surface area contributed by atoms with Crippen molar-refractivity contribution in [1.29, 1.82) is 0 Å². The van der Waals surface area contributed by atoms with Crippen LogP contribution in [-0.2, 0) is 13.1 Å². The van der Waals surface area contributed by atoms with Gasteiger partial charge in [0.25, 0.3) is 0 Å². The SMILES string of the molecule is C1=CCC(c2c(-c3ccccc3)[n+](Cc3ccccc3)[cH-][n+]2Cc2ccccc2)=C[CH-]1. The standard InChI is InChI=1S/C29H26N2/c1-5-13-24(14-6-1)21-30-23-31(22-25-15-7-2-8-16-25)29(27-19-11-4-12-20-27)28(30)26-17-9-3-10-18-26/h1-19,23H,20-22H2. The summed E-state index contributed by atoms with van der Waals surface area (Å²) in [6.45, 7) is 1.69. The number of hydrogen-bond donors (Lipinski definition) is 0. The van der Waals surface area contributed by atoms with Crippen LogP contribution in [0.3, 0.4) is 0 Å². The van der Waals surface area contributed by atoms with Crippen LogP contribution in [0.2, 0.25) is 0 Å². The molecule has 1 aliphatic rings. The Bertz CT molecular complexity index is 1200. The molecule has 0 saturated carbocycles. The number of aromatic nitrogens is 2. The number of rotatable bonds is 6. The van der Waals surface area contributed by atoms with Gasteiger partial charge in [0.15, 0.2) is 13.1 Å². The third-order valence-electron chi connectivity index (χ3n) is 5.70. The molecule has 0 N–H and O–H groups in total. The lowest BCUT2D eigenvalue weighted by Crippen LogP contribution is -2.41. The molecule has 3 aromatic carbocycles. The zero-order valence-corrected chi connectivity index (χ0v) is 17.6. The molecule has 152 valence electrons. The van der Waals surface area contributed by atoms with Crippen LogP contribution in [-0.4, -0.2) is 0 Å². The van der Waals surface area contributed by atoms with Gasteiger partial charge in [-0.25, -0.2) is 0 Å². The van der Waals surface area contributed by atoms with Gasteiger partial charge < -0.3 is 0 Å². The molecule has 0 spiro atoms. The first kappa shape index (κ1) is 19.2. The van der Waals surface area contributed by atoms with E-state index in [2.05, 4.69) is 131 Å². The average Bonchev–Trinajstić information content (AvgIpc) is 3.19. The molecule has 0 radical (unpaired) electrons. The van der Waals surface area contributed by atoms with Crippen molar-refractivity contribution in [2.45, 2.75) is 19.5 Å². The van der Waals surface area contributed by atoms with Gasteiger partial charge in [-0.3, -0.25) is 9.13 Å². The molecule has 0 fully saturated rings. The molecule has 2 nitrogen and oxygen atoms in total. The normalized spacial score (nSPS) is 13.0. The maximum absolute atomic E-state index is 2.42. The van der Waals surface area contributed by atoms with Crippen molar-refractivity contribution in [2.75, 3.05) is 0 Å². The number of imidazole rings is 1. The van der Waals surface area contributed by atoms with E-state index < -0.39 is 0 Å². The topological polar surface area (TPSA) is 7.76 Å². The van der Waals surface area contributed by atoms with Gasteiger partial charge in [0.2, 0.25) is 0 Å². The Hall–Kier alpha value is -3.78. The molecule has 0 bridgehead atoms. The molecule has 31 heavy (non-hydrogen) atoms. The van der Waals surface area contributed by atoms with Crippen LogP contribution < -0.4 is 9.13 Å². The molecule has 1 aromatic heterocycles. The predicted octanol–water partition coefficient (Wildman–Crippen LogP) is 5.29. The van der Waals surface area contributed by atoms with Crippen LogP contribution in [0.5, 0.6) is 0 Å². The summed E-state index contributed by atoms with van der Waals surface area (Å²) in [5.41, 5.74) is 7.78. The second-order valence-electron chi connectivity index (χ2n) is 7.92. The van der Waals surface area contributed by atoms with Gasteiger partial charge in [0.05, 0.1) is 5.69 Å². The lowest BCUT2D eigenvalue weighted by molar-refractivity contribution is -0.784. The quantitative estimate of drug-likeness (QED) is 0.306. The van der Waals surface area contributed by atoms with E-state index in [1.807, 2.05) is 0 Å². The molecule has 0 saturated heterocycles. The Morgan fingerprint density at radius 1 is 0.645 bits per heavy atom. The smallest absolute Gasteiger partial charge is 0.261 e. The fourth-order valence-corrected chi connectivity index (χ4v) is 4.28. The summed E-state index contributed by atoms with van der Waals surface area (Å²) in [6.07, 6.45) is 12.0. The third-order valence-corrected chi connectivity index (χ3v) is 5.70. The fourth-order valence-electron chi connectivity index (χ4n) is 4.28. The predicted molar refractivity (Wildman–Crippen MR) is 125 cm³/mol. The largest absolute Gasteiger partial charge is 0.303 e. The van der Waals surface area contributed by atoms with E-state index in [1.54, 1.807) is 0 Å². The van der Waals surface area contributed by atoms with Crippen LogP contribution in [0.15, 0.2) is 116 Å². The first-order valence-corrected chi connectivity index (χ1v) is 10.8. The Morgan fingerprint density at radius 3 is 1.74 bits per heavy atom. The maximum atomic E-state index is 2.42. The van der Waals surface area contributed by atoms with E-state index >= 15 is 0 Å². The second-order valence-corrected chi connectivity index (χ2v) is 7.92. The minimum absolute atomic E-state index is 0.840. The van der Waals surface area contributed by atoms with Crippen molar-refractivity contribution >= 4 is 5.57 Å². The summed E-state index contributed by atoms with van der Waals surface area (Å²) < 4.78 is 4.82. The number of nitrogens with zero attached hydrogens (tertiary/aromatic N) is 2. The maximum Gasteiger partial charge on any atom is 0.303 e. The fraction of sp³-hybridized carbons (Fsp3) is 0.103. The second kappa shape index (κ2) is 8.93. The molecule has 0 unspecified atom stereocenters. The van der Waals surface area contributed by atoms with Crippen molar-refractivity contribution in [3.05, 3.63) is 139 Å². The van der Waals surface area contributed by atoms with E-state index in [0.717, 1.165) is 19.5 Å². The van der Waals surface area contributed by atoms with Gasteiger partial charge in [0, 0.05) is 11.1 Å². The van der Waals surface area contributed by atoms with E-state index in [1.165, 1.54) is 33.7 Å². The monoisotopic (exact) mass is 402 g/mol. The van der Waals surface area contributed by atoms with Crippen molar-refractivity contribution in [1.82, 2.24) is 0 Å². The van der Waals surface area contributed by atoms with Crippen molar-refractivity contribution in [3.63, 3.8) is 0 Å². The summed E-state index contributed by atoms with van der Waals surface area (Å²) in [5.74, 6) is 0. The van der Waals surface area contributed by atoms with Gasteiger partial charge in [-0.15, -0.1) is 12.0 Å². The molecule has 0 amide bonds. The molecular formula is C29H26N2. The summed E-state index contributed by atoms with van der Waals surface area (Å²) in [4.78, 5) is 0. The number of hydrogen-bond acceptors (Lipinski definition) is 0. The highest BCUT2D eigenvalue weighted by Crippen LogP contribution is 2.28. The van der Waals surface area contributed by atoms with Gasteiger partial charge in [-0.2, -0.15) is 24.6 Å². The van der Waals surface area contributed by atoms with Crippen LogP contribution in [0, 0.1) is 6.42 Å². The Balaban J connectivity index is 1.69. The first-order valence-electron chi connectivity index (χ1n) is 10.8. The number of benzene rings is 3. The molecule has 5 rings (SSSR count). The zero-order valence-electron chi connectivity index (χ0n) is 17.6. The molecule has 4 aromatic rings. The molecule has 0 aliphatic heterocycles. The lowest BCUT2D eigenvalue weighted by Gasteiger charge is -2.19. The van der Waals surface area contributed by atoms with E-state index in [-0.39, 0.29) is 0 Å². The summed E-state index contributed by atoms with van der Waals surface area (Å²) in [5, 5.41) is 0. The van der Waals surface area contributed by atoms with Gasteiger partial charge in [-0.05, 0) is 5.56 Å². The molecule has 1 heterocycles. The third kappa shape index (κ3) is 4.24. The van der Waals surface area contributed by atoms with Crippen LogP contribution in [0.1, 0.15) is 23.2 Å². The first-order chi connectivity index (χ1) is 15.4. The highest BCUT2D eigenvalue weighted by molar-refractivity contribution is 5.75. The lowest BCUT2D eigenvalue weighted by atomic mass is 9.98. The Labute approximate surface area is 184 Å². The molecule has 0 atom stereocenters. The number of allylic oxidation sites excluding steroid dienone is 4. The Kier molecular flexibility index (Phi) is 5.53. The van der Waals surface area contributed by atoms with Crippen molar-refractivity contribution in [2.24, 2.45) is 0 Å². The van der Waals surface area contributed by atoms with Crippen molar-refractivity contribution < 1.29 is 9.13 Å². The highest BCUT2D eigenvalue weighted by Gasteiger charge is 2.23. The molecule has 2 heteroatoms. The minimum Gasteiger partial charge on any atom is -0.261 e. The van der Waals surface area contributed by atoms with Crippen LogP contribution >= 0.6 is 0 Å².